The van der Waals surface area contributed by atoms with Gasteiger partial charge in [0.25, 0.3) is 5.69 Å². The Hall–Kier alpha value is -2.19. The van der Waals surface area contributed by atoms with Gasteiger partial charge in [0.2, 0.25) is 5.91 Å². The Kier molecular flexibility index (Phi) is 5.74. The molecule has 2 aromatic rings. The van der Waals surface area contributed by atoms with Crippen LogP contribution in [0.15, 0.2) is 41.3 Å². The Bertz CT molecular complexity index is 804. The molecule has 0 bridgehead atoms. The van der Waals surface area contributed by atoms with Crippen LogP contribution >= 0.6 is 23.4 Å². The summed E-state index contributed by atoms with van der Waals surface area (Å²) in [6.45, 7) is 1.58. The predicted octanol–water partition coefficient (Wildman–Crippen LogP) is 4.65. The Labute approximate surface area is 145 Å². The third-order valence-corrected chi connectivity index (χ3v) is 4.40. The maximum Gasteiger partial charge on any atom is 0.271 e. The smallest absolute Gasteiger partial charge is 0.271 e. The molecular formula is C15H11ClF2N2O3S. The van der Waals surface area contributed by atoms with Gasteiger partial charge in [-0.05, 0) is 31.2 Å². The fraction of sp³-hybridized carbons (Fsp3) is 0.133. The van der Waals surface area contributed by atoms with Crippen LogP contribution in [0.25, 0.3) is 0 Å². The van der Waals surface area contributed by atoms with Gasteiger partial charge in [-0.2, -0.15) is 0 Å². The van der Waals surface area contributed by atoms with E-state index in [9.17, 15) is 23.7 Å². The number of anilines is 1. The molecule has 0 spiro atoms. The van der Waals surface area contributed by atoms with Gasteiger partial charge in [0.05, 0.1) is 20.9 Å². The number of hydrogen-bond donors (Lipinski definition) is 1. The van der Waals surface area contributed by atoms with E-state index in [0.29, 0.717) is 4.90 Å². The molecule has 1 atom stereocenters. The lowest BCUT2D eigenvalue weighted by atomic mass is 10.2. The second kappa shape index (κ2) is 7.59. The van der Waals surface area contributed by atoms with E-state index in [1.807, 2.05) is 0 Å². The van der Waals surface area contributed by atoms with Crippen molar-refractivity contribution in [3.63, 3.8) is 0 Å². The number of thioether (sulfide) groups is 1. The molecule has 9 heteroatoms. The first-order valence-corrected chi connectivity index (χ1v) is 7.90. The Morgan fingerprint density at radius 2 is 1.96 bits per heavy atom. The maximum absolute atomic E-state index is 13.2. The summed E-state index contributed by atoms with van der Waals surface area (Å²) in [5.41, 5.74) is 0.0345. The van der Waals surface area contributed by atoms with Crippen molar-refractivity contribution >= 4 is 40.6 Å². The van der Waals surface area contributed by atoms with Crippen molar-refractivity contribution in [3.05, 3.63) is 63.2 Å². The van der Waals surface area contributed by atoms with Gasteiger partial charge >= 0.3 is 0 Å². The van der Waals surface area contributed by atoms with E-state index >= 15 is 0 Å². The Morgan fingerprint density at radius 1 is 1.25 bits per heavy atom. The van der Waals surface area contributed by atoms with Crippen molar-refractivity contribution in [3.8, 4) is 0 Å². The van der Waals surface area contributed by atoms with Gasteiger partial charge in [-0.25, -0.2) is 8.78 Å². The van der Waals surface area contributed by atoms with E-state index in [1.165, 1.54) is 18.2 Å². The number of non-ortho nitro benzene ring substituents is 1. The average Bonchev–Trinajstić information content (AvgIpc) is 2.52. The molecule has 0 radical (unpaired) electrons. The van der Waals surface area contributed by atoms with E-state index in [-0.39, 0.29) is 16.4 Å². The number of nitrogens with one attached hydrogen (secondary N) is 1. The minimum Gasteiger partial charge on any atom is -0.324 e. The molecule has 1 unspecified atom stereocenters. The molecule has 5 nitrogen and oxygen atoms in total. The molecular weight excluding hydrogens is 362 g/mol. The molecule has 1 amide bonds. The van der Waals surface area contributed by atoms with E-state index in [1.54, 1.807) is 6.92 Å². The first-order chi connectivity index (χ1) is 11.3. The summed E-state index contributed by atoms with van der Waals surface area (Å²) in [5, 5.41) is 12.6. The number of amides is 1. The van der Waals surface area contributed by atoms with Crippen LogP contribution in [-0.2, 0) is 4.79 Å². The standard InChI is InChI=1S/C15H11ClF2N2O3S/c1-8(24-10-3-4-12(17)13(18)7-10)15(21)19-14-5-2-9(20(22)23)6-11(14)16/h2-8H,1H3,(H,19,21). The Morgan fingerprint density at radius 3 is 2.54 bits per heavy atom. The number of rotatable bonds is 5. The molecule has 0 fully saturated rings. The summed E-state index contributed by atoms with van der Waals surface area (Å²) >= 11 is 6.94. The highest BCUT2D eigenvalue weighted by atomic mass is 35.5. The van der Waals surface area contributed by atoms with Crippen molar-refractivity contribution in [2.24, 2.45) is 0 Å². The maximum atomic E-state index is 13.2. The van der Waals surface area contributed by atoms with Gasteiger partial charge < -0.3 is 5.32 Å². The summed E-state index contributed by atoms with van der Waals surface area (Å²) < 4.78 is 26.1. The quantitative estimate of drug-likeness (QED) is 0.471. The number of nitro benzene ring substituents is 1. The largest absolute Gasteiger partial charge is 0.324 e. The summed E-state index contributed by atoms with van der Waals surface area (Å²) in [6, 6.07) is 7.02. The lowest BCUT2D eigenvalue weighted by molar-refractivity contribution is -0.384. The molecule has 0 aliphatic carbocycles. The topological polar surface area (TPSA) is 72.2 Å². The fourth-order valence-electron chi connectivity index (χ4n) is 1.76. The highest BCUT2D eigenvalue weighted by Crippen LogP contribution is 2.29. The Balaban J connectivity index is 2.06. The molecule has 2 rings (SSSR count). The lowest BCUT2D eigenvalue weighted by Crippen LogP contribution is -2.22. The number of carbonyl (C=O) groups is 1. The lowest BCUT2D eigenvalue weighted by Gasteiger charge is -2.13. The molecule has 0 aliphatic rings. The SMILES string of the molecule is CC(Sc1ccc(F)c(F)c1)C(=O)Nc1ccc([N+](=O)[O-])cc1Cl. The highest BCUT2D eigenvalue weighted by Gasteiger charge is 2.18. The van der Waals surface area contributed by atoms with Gasteiger partial charge in [-0.1, -0.05) is 11.6 Å². The third kappa shape index (κ3) is 4.42. The normalized spacial score (nSPS) is 11.8. The van der Waals surface area contributed by atoms with Gasteiger partial charge in [0.1, 0.15) is 0 Å². The van der Waals surface area contributed by atoms with Gasteiger partial charge in [0.15, 0.2) is 11.6 Å². The minimum atomic E-state index is -0.994. The van der Waals surface area contributed by atoms with Crippen molar-refractivity contribution in [2.75, 3.05) is 5.32 Å². The van der Waals surface area contributed by atoms with Crippen molar-refractivity contribution in [2.45, 2.75) is 17.1 Å². The van der Waals surface area contributed by atoms with Gasteiger partial charge in [-0.3, -0.25) is 14.9 Å². The zero-order chi connectivity index (χ0) is 17.9. The molecule has 1 N–H and O–H groups in total. The first kappa shape index (κ1) is 18.2. The molecule has 0 saturated carbocycles. The van der Waals surface area contributed by atoms with Crippen LogP contribution in [0, 0.1) is 21.7 Å². The number of hydrogen-bond acceptors (Lipinski definition) is 4. The summed E-state index contributed by atoms with van der Waals surface area (Å²) in [7, 11) is 0. The predicted molar refractivity (Wildman–Crippen MR) is 88.4 cm³/mol. The molecule has 0 aliphatic heterocycles. The van der Waals surface area contributed by atoms with Crippen molar-refractivity contribution < 1.29 is 18.5 Å². The van der Waals surface area contributed by atoms with Crippen LogP contribution in [0.2, 0.25) is 5.02 Å². The number of halogens is 3. The van der Waals surface area contributed by atoms with Gasteiger partial charge in [-0.15, -0.1) is 11.8 Å². The van der Waals surface area contributed by atoms with Crippen molar-refractivity contribution in [1.82, 2.24) is 0 Å². The van der Waals surface area contributed by atoms with Crippen LogP contribution in [0.5, 0.6) is 0 Å². The van der Waals surface area contributed by atoms with Crippen molar-refractivity contribution in [1.29, 1.82) is 0 Å². The van der Waals surface area contributed by atoms with Crippen LogP contribution in [0.1, 0.15) is 6.92 Å². The monoisotopic (exact) mass is 372 g/mol. The summed E-state index contributed by atoms with van der Waals surface area (Å²) in [6.07, 6.45) is 0. The van der Waals surface area contributed by atoms with Crippen LogP contribution in [0.4, 0.5) is 20.2 Å². The van der Waals surface area contributed by atoms with E-state index in [4.69, 9.17) is 11.6 Å². The molecule has 126 valence electrons. The number of nitrogens with zero attached hydrogens (tertiary/aromatic N) is 1. The second-order valence-corrected chi connectivity index (χ2v) is 6.57. The minimum absolute atomic E-state index is 0.0302. The zero-order valence-electron chi connectivity index (χ0n) is 12.3. The number of benzene rings is 2. The van der Waals surface area contributed by atoms with Crippen LogP contribution in [-0.4, -0.2) is 16.1 Å². The molecule has 0 saturated heterocycles. The molecule has 0 heterocycles. The molecule has 24 heavy (non-hydrogen) atoms. The summed E-state index contributed by atoms with van der Waals surface area (Å²) in [5.74, 6) is -2.39. The van der Waals surface area contributed by atoms with Gasteiger partial charge in [0, 0.05) is 17.0 Å². The average molecular weight is 373 g/mol. The second-order valence-electron chi connectivity index (χ2n) is 4.75. The van der Waals surface area contributed by atoms with E-state index in [2.05, 4.69) is 5.32 Å². The fourth-order valence-corrected chi connectivity index (χ4v) is 2.88. The summed E-state index contributed by atoms with van der Waals surface area (Å²) in [4.78, 5) is 22.6. The zero-order valence-corrected chi connectivity index (χ0v) is 13.8. The third-order valence-electron chi connectivity index (χ3n) is 2.99. The number of carbonyl (C=O) groups excluding carboxylic acids is 1. The highest BCUT2D eigenvalue weighted by molar-refractivity contribution is 8.00. The molecule has 0 aromatic heterocycles. The first-order valence-electron chi connectivity index (χ1n) is 6.64. The molecule has 2 aromatic carbocycles. The van der Waals surface area contributed by atoms with E-state index in [0.717, 1.165) is 30.0 Å². The number of nitro groups is 1. The van der Waals surface area contributed by atoms with Crippen LogP contribution < -0.4 is 5.32 Å². The van der Waals surface area contributed by atoms with Crippen LogP contribution in [0.3, 0.4) is 0 Å². The van der Waals surface area contributed by atoms with E-state index < -0.39 is 27.7 Å².